The van der Waals surface area contributed by atoms with E-state index in [4.69, 9.17) is 0 Å². The second kappa shape index (κ2) is 6.87. The van der Waals surface area contributed by atoms with E-state index in [9.17, 15) is 24.2 Å². The summed E-state index contributed by atoms with van der Waals surface area (Å²) in [4.78, 5) is 30.2. The first kappa shape index (κ1) is 18.1. The van der Waals surface area contributed by atoms with Crippen LogP contribution in [0.3, 0.4) is 0 Å². The average molecular weight is 361 g/mol. The molecular formula is C18H20FN3O4. The molecule has 2 heterocycles. The molecule has 1 fully saturated rings. The first-order chi connectivity index (χ1) is 12.3. The maximum Gasteiger partial charge on any atom is 0.314 e. The van der Waals surface area contributed by atoms with Crippen LogP contribution in [0.5, 0.6) is 0 Å². The van der Waals surface area contributed by atoms with Gasteiger partial charge in [0, 0.05) is 32.5 Å². The van der Waals surface area contributed by atoms with Crippen molar-refractivity contribution in [3.8, 4) is 0 Å². The van der Waals surface area contributed by atoms with Gasteiger partial charge in [-0.05, 0) is 30.5 Å². The average Bonchev–Trinajstić information content (AvgIpc) is 3.02. The lowest BCUT2D eigenvalue weighted by atomic mass is 9.72. The Morgan fingerprint density at radius 3 is 2.81 bits per heavy atom. The van der Waals surface area contributed by atoms with Crippen LogP contribution in [0, 0.1) is 11.2 Å². The smallest absolute Gasteiger partial charge is 0.314 e. The van der Waals surface area contributed by atoms with E-state index in [2.05, 4.69) is 4.98 Å². The first-order valence-electron chi connectivity index (χ1n) is 8.26. The molecule has 0 bridgehead atoms. The zero-order valence-corrected chi connectivity index (χ0v) is 14.3. The number of piperidine rings is 1. The second-order valence-electron chi connectivity index (χ2n) is 6.66. The van der Waals surface area contributed by atoms with Crippen molar-refractivity contribution in [3.05, 3.63) is 53.9 Å². The minimum absolute atomic E-state index is 0.0778. The number of amides is 1. The number of carboxylic acid groups (broad SMARTS) is 1. The van der Waals surface area contributed by atoms with Gasteiger partial charge in [0.25, 0.3) is 5.91 Å². The van der Waals surface area contributed by atoms with Gasteiger partial charge in [-0.15, -0.1) is 0 Å². The summed E-state index contributed by atoms with van der Waals surface area (Å²) in [6.45, 7) is 0.0523. The summed E-state index contributed by atoms with van der Waals surface area (Å²) in [5.41, 5.74) is -1.15. The van der Waals surface area contributed by atoms with Crippen molar-refractivity contribution >= 4 is 11.9 Å². The van der Waals surface area contributed by atoms with E-state index in [-0.39, 0.29) is 31.8 Å². The molecule has 2 N–H and O–H groups in total. The lowest BCUT2D eigenvalue weighted by Crippen LogP contribution is -2.58. The van der Waals surface area contributed by atoms with Crippen molar-refractivity contribution in [3.63, 3.8) is 0 Å². The predicted molar refractivity (Wildman–Crippen MR) is 89.9 cm³/mol. The van der Waals surface area contributed by atoms with E-state index < -0.39 is 29.2 Å². The fourth-order valence-corrected chi connectivity index (χ4v) is 3.44. The quantitative estimate of drug-likeness (QED) is 0.850. The van der Waals surface area contributed by atoms with Gasteiger partial charge in [-0.25, -0.2) is 9.37 Å². The Labute approximate surface area is 149 Å². The van der Waals surface area contributed by atoms with Crippen molar-refractivity contribution in [1.29, 1.82) is 0 Å². The van der Waals surface area contributed by atoms with Crippen molar-refractivity contribution in [1.82, 2.24) is 14.5 Å². The number of aliphatic hydroxyl groups is 1. The number of carboxylic acids is 1. The molecule has 0 aliphatic carbocycles. The number of aryl methyl sites for hydroxylation is 1. The standard InChI is InChI=1S/C18H20FN3O4/c1-21-8-6-20-15(21)16(24)22-7-5-14(23)18(11-22,17(25)26)10-12-3-2-4-13(19)9-12/h2-4,6,8-9,14,23H,5,7,10-11H2,1H3,(H,25,26)/t14-,18-/m1/s1. The van der Waals surface area contributed by atoms with Crippen LogP contribution in [0.25, 0.3) is 0 Å². The Kier molecular flexibility index (Phi) is 4.78. The number of imidazole rings is 1. The van der Waals surface area contributed by atoms with Crippen molar-refractivity contribution < 1.29 is 24.2 Å². The van der Waals surface area contributed by atoms with Gasteiger partial charge in [0.1, 0.15) is 11.2 Å². The molecule has 1 aliphatic rings. The molecular weight excluding hydrogens is 341 g/mol. The van der Waals surface area contributed by atoms with Gasteiger partial charge < -0.3 is 19.7 Å². The van der Waals surface area contributed by atoms with Gasteiger partial charge in [0.05, 0.1) is 6.10 Å². The van der Waals surface area contributed by atoms with Gasteiger partial charge in [0.2, 0.25) is 0 Å². The summed E-state index contributed by atoms with van der Waals surface area (Å²) in [7, 11) is 1.68. The molecule has 1 aromatic heterocycles. The number of likely N-dealkylation sites (tertiary alicyclic amines) is 1. The van der Waals surface area contributed by atoms with E-state index >= 15 is 0 Å². The predicted octanol–water partition coefficient (Wildman–Crippen LogP) is 1.08. The highest BCUT2D eigenvalue weighted by Gasteiger charge is 2.50. The number of nitrogens with zero attached hydrogens (tertiary/aromatic N) is 3. The van der Waals surface area contributed by atoms with Crippen LogP contribution in [-0.4, -0.2) is 55.7 Å². The largest absolute Gasteiger partial charge is 0.481 e. The van der Waals surface area contributed by atoms with E-state index in [1.54, 1.807) is 23.9 Å². The summed E-state index contributed by atoms with van der Waals surface area (Å²) in [6, 6.07) is 5.62. The van der Waals surface area contributed by atoms with Crippen LogP contribution in [0.15, 0.2) is 36.7 Å². The summed E-state index contributed by atoms with van der Waals surface area (Å²) >= 11 is 0. The van der Waals surface area contributed by atoms with Crippen LogP contribution in [0.1, 0.15) is 22.6 Å². The summed E-state index contributed by atoms with van der Waals surface area (Å²) < 4.78 is 15.1. The molecule has 2 aromatic rings. The number of benzene rings is 1. The number of aliphatic carboxylic acids is 1. The van der Waals surface area contributed by atoms with Gasteiger partial charge in [-0.2, -0.15) is 0 Å². The molecule has 0 spiro atoms. The molecule has 0 unspecified atom stereocenters. The molecule has 2 atom stereocenters. The number of aromatic nitrogens is 2. The maximum absolute atomic E-state index is 13.5. The Balaban J connectivity index is 1.91. The van der Waals surface area contributed by atoms with Crippen LogP contribution < -0.4 is 0 Å². The van der Waals surface area contributed by atoms with Gasteiger partial charge in [-0.3, -0.25) is 9.59 Å². The van der Waals surface area contributed by atoms with Gasteiger partial charge in [0.15, 0.2) is 5.82 Å². The topological polar surface area (TPSA) is 95.7 Å². The van der Waals surface area contributed by atoms with Crippen LogP contribution in [0.4, 0.5) is 4.39 Å². The fraction of sp³-hybridized carbons (Fsp3) is 0.389. The Morgan fingerprint density at radius 1 is 1.42 bits per heavy atom. The lowest BCUT2D eigenvalue weighted by molar-refractivity contribution is -0.161. The molecule has 1 amide bonds. The molecule has 1 saturated heterocycles. The number of halogens is 1. The van der Waals surface area contributed by atoms with E-state index in [0.29, 0.717) is 5.56 Å². The molecule has 7 nitrogen and oxygen atoms in total. The number of carbonyl (C=O) groups is 2. The SMILES string of the molecule is Cn1ccnc1C(=O)N1CC[C@@H](O)[C@](Cc2cccc(F)c2)(C(=O)O)C1. The third-order valence-corrected chi connectivity index (χ3v) is 4.92. The summed E-state index contributed by atoms with van der Waals surface area (Å²) in [6.07, 6.45) is 2.02. The number of hydrogen-bond donors (Lipinski definition) is 2. The molecule has 26 heavy (non-hydrogen) atoms. The van der Waals surface area contributed by atoms with E-state index in [1.807, 2.05) is 0 Å². The third-order valence-electron chi connectivity index (χ3n) is 4.92. The van der Waals surface area contributed by atoms with Gasteiger partial charge in [-0.1, -0.05) is 12.1 Å². The molecule has 8 heteroatoms. The molecule has 3 rings (SSSR count). The van der Waals surface area contributed by atoms with E-state index in [1.165, 1.54) is 29.3 Å². The summed E-state index contributed by atoms with van der Waals surface area (Å²) in [5, 5.41) is 20.3. The lowest BCUT2D eigenvalue weighted by Gasteiger charge is -2.43. The Hall–Kier alpha value is -2.74. The van der Waals surface area contributed by atoms with E-state index in [0.717, 1.165) is 0 Å². The molecule has 0 saturated carbocycles. The first-order valence-corrected chi connectivity index (χ1v) is 8.26. The zero-order valence-electron chi connectivity index (χ0n) is 14.3. The zero-order chi connectivity index (χ0) is 18.9. The number of hydrogen-bond acceptors (Lipinski definition) is 4. The highest BCUT2D eigenvalue weighted by atomic mass is 19.1. The second-order valence-corrected chi connectivity index (χ2v) is 6.66. The Bertz CT molecular complexity index is 837. The van der Waals surface area contributed by atoms with Crippen LogP contribution in [0.2, 0.25) is 0 Å². The van der Waals surface area contributed by atoms with Crippen LogP contribution >= 0.6 is 0 Å². The number of rotatable bonds is 4. The third kappa shape index (κ3) is 3.20. The number of carbonyl (C=O) groups excluding carboxylic acids is 1. The highest BCUT2D eigenvalue weighted by Crippen LogP contribution is 2.35. The minimum Gasteiger partial charge on any atom is -0.481 e. The van der Waals surface area contributed by atoms with Crippen molar-refractivity contribution in [2.24, 2.45) is 12.5 Å². The van der Waals surface area contributed by atoms with Crippen molar-refractivity contribution in [2.75, 3.05) is 13.1 Å². The fourth-order valence-electron chi connectivity index (χ4n) is 3.44. The monoisotopic (exact) mass is 361 g/mol. The Morgan fingerprint density at radius 2 is 2.19 bits per heavy atom. The number of aliphatic hydroxyl groups excluding tert-OH is 1. The van der Waals surface area contributed by atoms with Crippen LogP contribution in [-0.2, 0) is 18.3 Å². The van der Waals surface area contributed by atoms with Gasteiger partial charge >= 0.3 is 5.97 Å². The summed E-state index contributed by atoms with van der Waals surface area (Å²) in [5.74, 6) is -1.89. The molecule has 138 valence electrons. The molecule has 1 aromatic carbocycles. The molecule has 0 radical (unpaired) electrons. The maximum atomic E-state index is 13.5. The normalized spacial score (nSPS) is 23.0. The molecule has 1 aliphatic heterocycles. The minimum atomic E-state index is -1.60. The van der Waals surface area contributed by atoms with Crippen molar-refractivity contribution in [2.45, 2.75) is 18.9 Å². The highest BCUT2D eigenvalue weighted by molar-refractivity contribution is 5.91.